The van der Waals surface area contributed by atoms with Gasteiger partial charge in [0.05, 0.1) is 26.8 Å². The van der Waals surface area contributed by atoms with Gasteiger partial charge in [-0.15, -0.1) is 0 Å². The molecule has 3 rings (SSSR count). The van der Waals surface area contributed by atoms with E-state index in [1.807, 2.05) is 0 Å². The van der Waals surface area contributed by atoms with Crippen LogP contribution in [0.5, 0.6) is 0 Å². The maximum absolute atomic E-state index is 6.27. The summed E-state index contributed by atoms with van der Waals surface area (Å²) < 4.78 is 0. The van der Waals surface area contributed by atoms with Crippen molar-refractivity contribution in [2.75, 3.05) is 5.32 Å². The summed E-state index contributed by atoms with van der Waals surface area (Å²) in [6.45, 7) is 2.28. The van der Waals surface area contributed by atoms with Crippen molar-refractivity contribution in [2.24, 2.45) is 0 Å². The van der Waals surface area contributed by atoms with Crippen LogP contribution in [0.15, 0.2) is 36.4 Å². The predicted octanol–water partition coefficient (Wildman–Crippen LogP) is 6.70. The largest absolute Gasteiger partial charge is 0.377 e. The summed E-state index contributed by atoms with van der Waals surface area (Å²) in [7, 11) is 0. The van der Waals surface area contributed by atoms with Gasteiger partial charge in [0, 0.05) is 0 Å². The molecule has 2 unspecified atom stereocenters. The Morgan fingerprint density at radius 3 is 2.33 bits per heavy atom. The Morgan fingerprint density at radius 2 is 1.57 bits per heavy atom. The lowest BCUT2D eigenvalue weighted by atomic mass is 9.81. The van der Waals surface area contributed by atoms with Crippen LogP contribution in [-0.2, 0) is 0 Å². The van der Waals surface area contributed by atoms with E-state index in [1.54, 1.807) is 12.1 Å². The fourth-order valence-electron chi connectivity index (χ4n) is 2.98. The first-order valence-corrected chi connectivity index (χ1v) is 8.19. The van der Waals surface area contributed by atoms with E-state index in [9.17, 15) is 0 Å². The molecule has 1 N–H and O–H groups in total. The van der Waals surface area contributed by atoms with Gasteiger partial charge in [0.25, 0.3) is 0 Å². The molecular weight excluding hydrogens is 325 g/mol. The third-order valence-corrected chi connectivity index (χ3v) is 5.17. The Balaban J connectivity index is 1.93. The van der Waals surface area contributed by atoms with E-state index in [0.29, 0.717) is 21.0 Å². The van der Waals surface area contributed by atoms with Gasteiger partial charge in [-0.1, -0.05) is 66.0 Å². The van der Waals surface area contributed by atoms with Crippen molar-refractivity contribution in [3.63, 3.8) is 0 Å². The fourth-order valence-corrected chi connectivity index (χ4v) is 3.58. The van der Waals surface area contributed by atoms with Crippen molar-refractivity contribution in [1.82, 2.24) is 0 Å². The summed E-state index contributed by atoms with van der Waals surface area (Å²) in [5.41, 5.74) is 3.59. The zero-order chi connectivity index (χ0) is 15.0. The highest BCUT2D eigenvalue weighted by atomic mass is 35.5. The van der Waals surface area contributed by atoms with Crippen LogP contribution in [0.3, 0.4) is 0 Å². The van der Waals surface area contributed by atoms with E-state index in [0.717, 1.165) is 18.5 Å². The van der Waals surface area contributed by atoms with E-state index in [4.69, 9.17) is 34.8 Å². The average Bonchev–Trinajstić information content (AvgIpc) is 2.48. The Morgan fingerprint density at radius 1 is 0.905 bits per heavy atom. The van der Waals surface area contributed by atoms with Crippen LogP contribution in [0, 0.1) is 0 Å². The first-order chi connectivity index (χ1) is 10.1. The van der Waals surface area contributed by atoms with Gasteiger partial charge in [-0.2, -0.15) is 0 Å². The molecule has 1 aliphatic rings. The minimum absolute atomic E-state index is 0.257. The summed E-state index contributed by atoms with van der Waals surface area (Å²) in [5, 5.41) is 5.11. The van der Waals surface area contributed by atoms with Crippen LogP contribution in [-0.4, -0.2) is 0 Å². The smallest absolute Gasteiger partial charge is 0.0653 e. The molecule has 2 atom stereocenters. The molecule has 0 radical (unpaired) electrons. The van der Waals surface area contributed by atoms with Crippen molar-refractivity contribution < 1.29 is 0 Å². The van der Waals surface area contributed by atoms with Gasteiger partial charge < -0.3 is 5.32 Å². The highest BCUT2D eigenvalue weighted by molar-refractivity contribution is 6.44. The normalized spacial score (nSPS) is 21.0. The van der Waals surface area contributed by atoms with Gasteiger partial charge >= 0.3 is 0 Å². The number of rotatable bonds is 2. The van der Waals surface area contributed by atoms with E-state index >= 15 is 0 Å². The third-order valence-electron chi connectivity index (χ3n) is 4.13. The lowest BCUT2D eigenvalue weighted by Gasteiger charge is -2.31. The summed E-state index contributed by atoms with van der Waals surface area (Å²) in [4.78, 5) is 0. The van der Waals surface area contributed by atoms with Gasteiger partial charge in [-0.05, 0) is 42.0 Å². The summed E-state index contributed by atoms with van der Waals surface area (Å²) in [6, 6.07) is 12.3. The van der Waals surface area contributed by atoms with Crippen LogP contribution in [0.2, 0.25) is 15.1 Å². The van der Waals surface area contributed by atoms with Crippen LogP contribution in [0.1, 0.15) is 42.9 Å². The maximum atomic E-state index is 6.27. The lowest BCUT2D eigenvalue weighted by Crippen LogP contribution is -2.19. The standard InChI is InChI=1S/C17H16Cl3N/c1-10-6-7-16(12-5-3-2-4-11(10)12)21-17-9-14(19)13(18)8-15(17)20/h2-5,8-10,16,21H,6-7H2,1H3. The number of benzene rings is 2. The topological polar surface area (TPSA) is 12.0 Å². The number of fused-ring (bicyclic) bond motifs is 1. The molecule has 4 heteroatoms. The van der Waals surface area contributed by atoms with Crippen molar-refractivity contribution in [2.45, 2.75) is 31.7 Å². The molecule has 0 saturated heterocycles. The fraction of sp³-hybridized carbons (Fsp3) is 0.294. The van der Waals surface area contributed by atoms with Crippen LogP contribution in [0.25, 0.3) is 0 Å². The monoisotopic (exact) mass is 339 g/mol. The maximum Gasteiger partial charge on any atom is 0.0653 e. The summed E-state index contributed by atoms with van der Waals surface area (Å²) in [6.07, 6.45) is 2.24. The summed E-state index contributed by atoms with van der Waals surface area (Å²) >= 11 is 18.4. The quantitative estimate of drug-likeness (QED) is 0.600. The third kappa shape index (κ3) is 3.01. The molecule has 110 valence electrons. The van der Waals surface area contributed by atoms with Crippen molar-refractivity contribution >= 4 is 40.5 Å². The molecule has 0 aliphatic heterocycles. The number of hydrogen-bond acceptors (Lipinski definition) is 1. The molecule has 0 bridgehead atoms. The molecule has 0 heterocycles. The predicted molar refractivity (Wildman–Crippen MR) is 91.9 cm³/mol. The first kappa shape index (κ1) is 15.0. The molecule has 0 fully saturated rings. The molecular formula is C17H16Cl3N. The Labute approximate surface area is 140 Å². The average molecular weight is 341 g/mol. The molecule has 0 spiro atoms. The first-order valence-electron chi connectivity index (χ1n) is 7.06. The number of anilines is 1. The van der Waals surface area contributed by atoms with Crippen molar-refractivity contribution in [1.29, 1.82) is 0 Å². The highest BCUT2D eigenvalue weighted by Crippen LogP contribution is 2.41. The molecule has 0 amide bonds. The van der Waals surface area contributed by atoms with Crippen LogP contribution >= 0.6 is 34.8 Å². The second kappa shape index (κ2) is 6.08. The zero-order valence-corrected chi connectivity index (χ0v) is 13.9. The second-order valence-corrected chi connectivity index (χ2v) is 6.77. The van der Waals surface area contributed by atoms with Crippen molar-refractivity contribution in [3.05, 3.63) is 62.6 Å². The molecule has 0 aromatic heterocycles. The molecule has 1 nitrogen and oxygen atoms in total. The minimum atomic E-state index is 0.257. The second-order valence-electron chi connectivity index (χ2n) is 5.55. The molecule has 0 saturated carbocycles. The minimum Gasteiger partial charge on any atom is -0.377 e. The number of nitrogens with one attached hydrogen (secondary N) is 1. The van der Waals surface area contributed by atoms with Gasteiger partial charge in [0.1, 0.15) is 0 Å². The zero-order valence-electron chi connectivity index (χ0n) is 11.7. The van der Waals surface area contributed by atoms with Crippen LogP contribution < -0.4 is 5.32 Å². The van der Waals surface area contributed by atoms with Gasteiger partial charge in [0.2, 0.25) is 0 Å². The van der Waals surface area contributed by atoms with Gasteiger partial charge in [-0.25, -0.2) is 0 Å². The van der Waals surface area contributed by atoms with E-state index in [1.165, 1.54) is 11.1 Å². The van der Waals surface area contributed by atoms with E-state index < -0.39 is 0 Å². The van der Waals surface area contributed by atoms with Gasteiger partial charge in [-0.3, -0.25) is 0 Å². The lowest BCUT2D eigenvalue weighted by molar-refractivity contribution is 0.535. The number of hydrogen-bond donors (Lipinski definition) is 1. The van der Waals surface area contributed by atoms with E-state index in [-0.39, 0.29) is 6.04 Å². The van der Waals surface area contributed by atoms with Gasteiger partial charge in [0.15, 0.2) is 0 Å². The highest BCUT2D eigenvalue weighted by Gasteiger charge is 2.24. The SMILES string of the molecule is CC1CCC(Nc2cc(Cl)c(Cl)cc2Cl)c2ccccc21. The van der Waals surface area contributed by atoms with Crippen molar-refractivity contribution in [3.8, 4) is 0 Å². The Hall–Kier alpha value is -0.890. The molecule has 2 aromatic carbocycles. The number of halogens is 3. The molecule has 21 heavy (non-hydrogen) atoms. The Kier molecular flexibility index (Phi) is 4.35. The molecule has 2 aromatic rings. The molecule has 1 aliphatic carbocycles. The Bertz CT molecular complexity index is 669. The van der Waals surface area contributed by atoms with E-state index in [2.05, 4.69) is 36.5 Å². The summed E-state index contributed by atoms with van der Waals surface area (Å²) in [5.74, 6) is 0.600. The van der Waals surface area contributed by atoms with Crippen LogP contribution in [0.4, 0.5) is 5.69 Å².